The van der Waals surface area contributed by atoms with Gasteiger partial charge >= 0.3 is 5.97 Å². The number of H-pyrrole nitrogens is 1. The molecule has 0 amide bonds. The Morgan fingerprint density at radius 1 is 1.11 bits per heavy atom. The average Bonchev–Trinajstić information content (AvgIpc) is 3.52. The summed E-state index contributed by atoms with van der Waals surface area (Å²) < 4.78 is 6.61. The molecule has 0 bridgehead atoms. The van der Waals surface area contributed by atoms with E-state index in [9.17, 15) is 14.7 Å². The van der Waals surface area contributed by atoms with Crippen LogP contribution < -0.4 is 0 Å². The smallest absolute Gasteiger partial charge is 0.379 e. The number of aromatic amines is 1. The molecule has 0 aliphatic carbocycles. The van der Waals surface area contributed by atoms with Crippen molar-refractivity contribution < 1.29 is 19.4 Å². The number of nitrogens with zero attached hydrogens (tertiary/aromatic N) is 5. The van der Waals surface area contributed by atoms with Crippen molar-refractivity contribution >= 4 is 11.8 Å². The van der Waals surface area contributed by atoms with Crippen molar-refractivity contribution in [3.8, 4) is 22.6 Å². The van der Waals surface area contributed by atoms with E-state index in [1.54, 1.807) is 32.0 Å². The van der Waals surface area contributed by atoms with E-state index in [0.29, 0.717) is 35.7 Å². The molecule has 0 fully saturated rings. The monoisotopic (exact) mass is 488 g/mol. The van der Waals surface area contributed by atoms with E-state index in [1.165, 1.54) is 7.11 Å². The van der Waals surface area contributed by atoms with E-state index < -0.39 is 17.4 Å². The van der Waals surface area contributed by atoms with Crippen LogP contribution in [0.4, 0.5) is 0 Å². The summed E-state index contributed by atoms with van der Waals surface area (Å²) in [6.45, 7) is 5.89. The lowest BCUT2D eigenvalue weighted by molar-refractivity contribution is -0.135. The molecule has 0 saturated carbocycles. The maximum atomic E-state index is 12.5. The fourth-order valence-corrected chi connectivity index (χ4v) is 4.11. The number of carbonyl (C=O) groups is 2. The molecule has 186 valence electrons. The van der Waals surface area contributed by atoms with E-state index in [1.807, 2.05) is 34.9 Å². The van der Waals surface area contributed by atoms with Gasteiger partial charge in [0.05, 0.1) is 7.11 Å². The number of Topliss-reactive ketones (excluding diaryl/α,β-unsaturated/α-hetero) is 1. The predicted octanol–water partition coefficient (Wildman–Crippen LogP) is 3.31. The lowest BCUT2D eigenvalue weighted by atomic mass is 9.96. The second-order valence-electron chi connectivity index (χ2n) is 8.92. The molecular weight excluding hydrogens is 460 g/mol. The van der Waals surface area contributed by atoms with Gasteiger partial charge < -0.3 is 14.4 Å². The minimum Gasteiger partial charge on any atom is -0.463 e. The normalized spacial score (nSPS) is 11.5. The van der Waals surface area contributed by atoms with Gasteiger partial charge in [0.15, 0.2) is 0 Å². The van der Waals surface area contributed by atoms with Crippen LogP contribution in [0.5, 0.6) is 0 Å². The lowest BCUT2D eigenvalue weighted by Crippen LogP contribution is -2.18. The van der Waals surface area contributed by atoms with Crippen LogP contribution in [0.2, 0.25) is 0 Å². The quantitative estimate of drug-likeness (QED) is 0.208. The second kappa shape index (κ2) is 10.2. The third kappa shape index (κ3) is 4.94. The number of ether oxygens (including phenoxy) is 1. The molecule has 0 aliphatic heterocycles. The Hall–Kier alpha value is -4.18. The zero-order valence-corrected chi connectivity index (χ0v) is 20.6. The highest BCUT2D eigenvalue weighted by molar-refractivity contribution is 6.41. The molecule has 2 heterocycles. The van der Waals surface area contributed by atoms with Crippen LogP contribution in [0.3, 0.4) is 0 Å². The van der Waals surface area contributed by atoms with Crippen LogP contribution >= 0.6 is 0 Å². The zero-order valence-electron chi connectivity index (χ0n) is 20.6. The largest absolute Gasteiger partial charge is 0.463 e. The van der Waals surface area contributed by atoms with Crippen LogP contribution in [0.1, 0.15) is 54.6 Å². The molecule has 0 radical (unpaired) electrons. The maximum Gasteiger partial charge on any atom is 0.379 e. The van der Waals surface area contributed by atoms with Gasteiger partial charge in [-0.3, -0.25) is 4.79 Å². The number of methoxy groups -OCH3 is 1. The highest BCUT2D eigenvalue weighted by atomic mass is 16.5. The molecule has 2 aromatic heterocycles. The first kappa shape index (κ1) is 24.9. The number of hydrogen-bond acceptors (Lipinski definition) is 8. The number of aryl methyl sites for hydroxylation is 1. The molecule has 0 atom stereocenters. The molecule has 4 aromatic rings. The van der Waals surface area contributed by atoms with E-state index in [-0.39, 0.29) is 5.56 Å². The Balaban J connectivity index is 1.73. The predicted molar refractivity (Wildman–Crippen MR) is 132 cm³/mol. The van der Waals surface area contributed by atoms with Gasteiger partial charge in [-0.2, -0.15) is 5.21 Å². The molecule has 0 aliphatic rings. The minimum absolute atomic E-state index is 0.283. The number of aliphatic hydroxyl groups is 1. The summed E-state index contributed by atoms with van der Waals surface area (Å²) in [5, 5.41) is 25.3. The van der Waals surface area contributed by atoms with Crippen LogP contribution in [-0.2, 0) is 28.1 Å². The summed E-state index contributed by atoms with van der Waals surface area (Å²) in [6.07, 6.45) is 1.58. The number of benzene rings is 2. The number of aromatic nitrogens is 6. The SMILES string of the molecule is CCCc1nc(C(C)(C)O)c(-c2nn[nH]n2)n1Cc1ccc(-c2ccccc2C(=O)C(=O)OC)cc1. The number of nitrogens with one attached hydrogen (secondary N) is 1. The summed E-state index contributed by atoms with van der Waals surface area (Å²) >= 11 is 0. The van der Waals surface area contributed by atoms with E-state index in [0.717, 1.165) is 23.4 Å². The molecule has 10 nitrogen and oxygen atoms in total. The third-order valence-corrected chi connectivity index (χ3v) is 5.81. The third-order valence-electron chi connectivity index (χ3n) is 5.81. The van der Waals surface area contributed by atoms with Crippen molar-refractivity contribution in [2.75, 3.05) is 7.11 Å². The number of carbonyl (C=O) groups excluding carboxylic acids is 2. The summed E-state index contributed by atoms with van der Waals surface area (Å²) in [4.78, 5) is 29.1. The van der Waals surface area contributed by atoms with Crippen molar-refractivity contribution in [2.45, 2.75) is 45.8 Å². The molecule has 10 heteroatoms. The van der Waals surface area contributed by atoms with Gasteiger partial charge in [0.2, 0.25) is 5.82 Å². The van der Waals surface area contributed by atoms with Gasteiger partial charge in [0.1, 0.15) is 22.8 Å². The minimum atomic E-state index is -1.20. The van der Waals surface area contributed by atoms with Crippen LogP contribution in [0.25, 0.3) is 22.6 Å². The fraction of sp³-hybridized carbons (Fsp3) is 0.308. The topological polar surface area (TPSA) is 136 Å². The van der Waals surface area contributed by atoms with Crippen molar-refractivity contribution in [2.24, 2.45) is 0 Å². The van der Waals surface area contributed by atoms with E-state index in [2.05, 4.69) is 32.3 Å². The first-order chi connectivity index (χ1) is 17.2. The van der Waals surface area contributed by atoms with Crippen molar-refractivity contribution in [3.05, 3.63) is 71.2 Å². The van der Waals surface area contributed by atoms with Gasteiger partial charge in [-0.05, 0) is 42.2 Å². The Morgan fingerprint density at radius 2 is 1.83 bits per heavy atom. The van der Waals surface area contributed by atoms with Crippen molar-refractivity contribution in [3.63, 3.8) is 0 Å². The second-order valence-corrected chi connectivity index (χ2v) is 8.92. The van der Waals surface area contributed by atoms with E-state index >= 15 is 0 Å². The highest BCUT2D eigenvalue weighted by Crippen LogP contribution is 2.32. The maximum absolute atomic E-state index is 12.5. The number of ketones is 1. The molecule has 36 heavy (non-hydrogen) atoms. The van der Waals surface area contributed by atoms with Crippen molar-refractivity contribution in [1.29, 1.82) is 0 Å². The number of hydrogen-bond donors (Lipinski definition) is 2. The van der Waals surface area contributed by atoms with Crippen LogP contribution in [-0.4, -0.2) is 54.1 Å². The Bertz CT molecular complexity index is 1370. The molecule has 2 aromatic carbocycles. The van der Waals surface area contributed by atoms with E-state index in [4.69, 9.17) is 4.98 Å². The Labute approximate surface area is 208 Å². The van der Waals surface area contributed by atoms with Gasteiger partial charge in [-0.15, -0.1) is 10.2 Å². The summed E-state index contributed by atoms with van der Waals surface area (Å²) in [6, 6.07) is 14.6. The van der Waals surface area contributed by atoms with Gasteiger partial charge in [0, 0.05) is 18.5 Å². The molecule has 0 spiro atoms. The van der Waals surface area contributed by atoms with Crippen LogP contribution in [0, 0.1) is 0 Å². The average molecular weight is 489 g/mol. The number of imidazole rings is 1. The molecule has 2 N–H and O–H groups in total. The van der Waals surface area contributed by atoms with Gasteiger partial charge in [-0.1, -0.05) is 55.5 Å². The number of esters is 1. The molecule has 0 saturated heterocycles. The first-order valence-electron chi connectivity index (χ1n) is 11.6. The van der Waals surface area contributed by atoms with Crippen molar-refractivity contribution in [1.82, 2.24) is 30.2 Å². The lowest BCUT2D eigenvalue weighted by Gasteiger charge is -2.17. The summed E-state index contributed by atoms with van der Waals surface area (Å²) in [5.41, 5.74) is 2.58. The Kier molecular flexibility index (Phi) is 7.07. The number of tetrazole rings is 1. The van der Waals surface area contributed by atoms with Gasteiger partial charge in [0.25, 0.3) is 5.78 Å². The first-order valence-corrected chi connectivity index (χ1v) is 11.6. The molecular formula is C26H28N6O4. The molecule has 4 rings (SSSR count). The van der Waals surface area contributed by atoms with Gasteiger partial charge in [-0.25, -0.2) is 9.78 Å². The summed E-state index contributed by atoms with van der Waals surface area (Å²) in [5.74, 6) is -0.427. The number of rotatable bonds is 9. The molecule has 0 unspecified atom stereocenters. The van der Waals surface area contributed by atoms with Crippen LogP contribution in [0.15, 0.2) is 48.5 Å². The zero-order chi connectivity index (χ0) is 25.9. The fourth-order valence-electron chi connectivity index (χ4n) is 4.11. The highest BCUT2D eigenvalue weighted by Gasteiger charge is 2.30. The Morgan fingerprint density at radius 3 is 2.44 bits per heavy atom. The summed E-state index contributed by atoms with van der Waals surface area (Å²) in [7, 11) is 1.19. The standard InChI is InChI=1S/C26H28N6O4/c1-5-8-20-27-23(26(2,3)35)21(24-28-30-31-29-24)32(20)15-16-11-13-17(14-12-16)18-9-6-7-10-19(18)22(33)25(34)36-4/h6-7,9-14,35H,5,8,15H2,1-4H3,(H,28,29,30,31).